The fraction of sp³-hybridized carbons (Fsp3) is 0.273. The van der Waals surface area contributed by atoms with E-state index in [1.807, 2.05) is 0 Å². The third kappa shape index (κ3) is 5.06. The predicted octanol–water partition coefficient (Wildman–Crippen LogP) is 1.97. The highest BCUT2D eigenvalue weighted by Gasteiger charge is 2.64. The van der Waals surface area contributed by atoms with Crippen LogP contribution in [0.4, 0.5) is 4.79 Å². The lowest BCUT2D eigenvalue weighted by atomic mass is 9.82. The Morgan fingerprint density at radius 3 is 1.98 bits per heavy atom. The van der Waals surface area contributed by atoms with Gasteiger partial charge in [0.15, 0.2) is 5.54 Å². The van der Waals surface area contributed by atoms with E-state index in [1.54, 1.807) is 105 Å². The average Bonchev–Trinajstić information content (AvgIpc) is 3.46. The van der Waals surface area contributed by atoms with Gasteiger partial charge in [-0.05, 0) is 30.5 Å². The fourth-order valence-corrected chi connectivity index (χ4v) is 7.96. The SMILES string of the molecule is CC1(C)SC2C(NC(=O)C(NC(=O)CN3C(=O)NC(c4ccccc4)(c4ccccc4)C3=O)c3ccccc3)C(=O)N2C1C(=O)O. The van der Waals surface area contributed by atoms with E-state index < -0.39 is 76.0 Å². The van der Waals surface area contributed by atoms with E-state index in [0.29, 0.717) is 16.7 Å². The maximum absolute atomic E-state index is 14.0. The van der Waals surface area contributed by atoms with Crippen molar-refractivity contribution in [3.05, 3.63) is 108 Å². The van der Waals surface area contributed by atoms with Crippen molar-refractivity contribution in [1.29, 1.82) is 0 Å². The monoisotopic (exact) mass is 641 g/mol. The van der Waals surface area contributed by atoms with Crippen LogP contribution in [-0.4, -0.2) is 79.3 Å². The molecule has 0 saturated carbocycles. The van der Waals surface area contributed by atoms with Gasteiger partial charge in [0.05, 0.1) is 0 Å². The molecule has 13 heteroatoms. The van der Waals surface area contributed by atoms with Gasteiger partial charge < -0.3 is 26.0 Å². The molecule has 3 fully saturated rings. The highest BCUT2D eigenvalue weighted by molar-refractivity contribution is 8.01. The van der Waals surface area contributed by atoms with Crippen LogP contribution in [0.1, 0.15) is 36.6 Å². The summed E-state index contributed by atoms with van der Waals surface area (Å²) in [6, 6.07) is 21.7. The van der Waals surface area contributed by atoms with Gasteiger partial charge in [-0.2, -0.15) is 0 Å². The topological polar surface area (TPSA) is 165 Å². The van der Waals surface area contributed by atoms with Gasteiger partial charge in [0, 0.05) is 4.75 Å². The summed E-state index contributed by atoms with van der Waals surface area (Å²) in [6.07, 6.45) is 0. The van der Waals surface area contributed by atoms with E-state index in [2.05, 4.69) is 16.0 Å². The minimum atomic E-state index is -1.56. The number of β-lactam (4-membered cyclic amide) rings is 1. The van der Waals surface area contributed by atoms with Crippen molar-refractivity contribution in [2.75, 3.05) is 6.54 Å². The Labute approximate surface area is 268 Å². The molecule has 3 heterocycles. The third-order valence-electron chi connectivity index (χ3n) is 8.49. The molecular weight excluding hydrogens is 610 g/mol. The van der Waals surface area contributed by atoms with Crippen molar-refractivity contribution < 1.29 is 33.9 Å². The summed E-state index contributed by atoms with van der Waals surface area (Å²) in [6.45, 7) is 2.79. The van der Waals surface area contributed by atoms with E-state index >= 15 is 0 Å². The Morgan fingerprint density at radius 1 is 0.891 bits per heavy atom. The van der Waals surface area contributed by atoms with Gasteiger partial charge in [-0.3, -0.25) is 24.1 Å². The highest BCUT2D eigenvalue weighted by atomic mass is 32.2. The Bertz CT molecular complexity index is 1680. The van der Waals surface area contributed by atoms with Crippen molar-refractivity contribution in [1.82, 2.24) is 25.8 Å². The lowest BCUT2D eigenvalue weighted by Gasteiger charge is -2.44. The lowest BCUT2D eigenvalue weighted by molar-refractivity contribution is -0.161. The number of carbonyl (C=O) groups excluding carboxylic acids is 5. The van der Waals surface area contributed by atoms with Crippen molar-refractivity contribution in [3.63, 3.8) is 0 Å². The summed E-state index contributed by atoms with van der Waals surface area (Å²) in [5.41, 5.74) is -0.130. The molecule has 4 N–H and O–H groups in total. The van der Waals surface area contributed by atoms with Crippen molar-refractivity contribution in [2.24, 2.45) is 0 Å². The second-order valence-corrected chi connectivity index (χ2v) is 13.6. The number of nitrogens with zero attached hydrogens (tertiary/aromatic N) is 2. The zero-order valence-electron chi connectivity index (χ0n) is 24.9. The number of fused-ring (bicyclic) bond motifs is 1. The van der Waals surface area contributed by atoms with E-state index in [1.165, 1.54) is 16.7 Å². The molecule has 0 aliphatic carbocycles. The van der Waals surface area contributed by atoms with Crippen LogP contribution in [0.2, 0.25) is 0 Å². The quantitative estimate of drug-likeness (QED) is 0.203. The number of thioether (sulfide) groups is 1. The van der Waals surface area contributed by atoms with Crippen LogP contribution in [0.3, 0.4) is 0 Å². The first-order valence-corrected chi connectivity index (χ1v) is 15.5. The van der Waals surface area contributed by atoms with Crippen molar-refractivity contribution in [3.8, 4) is 0 Å². The summed E-state index contributed by atoms with van der Waals surface area (Å²) in [4.78, 5) is 81.4. The van der Waals surface area contributed by atoms with Gasteiger partial charge >= 0.3 is 12.0 Å². The molecule has 3 aromatic carbocycles. The van der Waals surface area contributed by atoms with Gasteiger partial charge in [-0.1, -0.05) is 91.0 Å². The number of aliphatic carboxylic acids is 1. The molecule has 12 nitrogen and oxygen atoms in total. The van der Waals surface area contributed by atoms with Crippen LogP contribution in [0.5, 0.6) is 0 Å². The first kappa shape index (κ1) is 30.8. The number of urea groups is 1. The van der Waals surface area contributed by atoms with Gasteiger partial charge in [0.25, 0.3) is 5.91 Å². The Balaban J connectivity index is 1.21. The lowest BCUT2D eigenvalue weighted by Crippen LogP contribution is -2.71. The molecule has 236 valence electrons. The number of hydrogen-bond acceptors (Lipinski definition) is 7. The number of nitrogens with one attached hydrogen (secondary N) is 3. The number of hydrogen-bond donors (Lipinski definition) is 4. The number of carboxylic acid groups (broad SMARTS) is 1. The molecule has 3 saturated heterocycles. The summed E-state index contributed by atoms with van der Waals surface area (Å²) in [5, 5.41) is 17.2. The smallest absolute Gasteiger partial charge is 0.327 e. The largest absolute Gasteiger partial charge is 0.480 e. The van der Waals surface area contributed by atoms with E-state index in [4.69, 9.17) is 0 Å². The number of rotatable bonds is 9. The standard InChI is InChI=1S/C33H31N5O7S/c1-32(2)25(29(42)43)38-27(41)24(28(38)46-32)35-26(40)23(19-12-6-3-7-13-19)34-22(39)18-37-30(44)33(36-31(37)45,20-14-8-4-9-15-20)21-16-10-5-11-17-21/h3-17,23-25,28H,18H2,1-2H3,(H,34,39)(H,35,40)(H,36,45)(H,42,43). The molecule has 6 amide bonds. The molecule has 4 atom stereocenters. The third-order valence-corrected chi connectivity index (χ3v) is 10.1. The average molecular weight is 642 g/mol. The molecule has 3 aromatic rings. The predicted molar refractivity (Wildman–Crippen MR) is 167 cm³/mol. The molecule has 3 aliphatic rings. The molecule has 46 heavy (non-hydrogen) atoms. The second-order valence-electron chi connectivity index (χ2n) is 11.8. The normalized spacial score (nSPS) is 23.2. The first-order valence-electron chi connectivity index (χ1n) is 14.6. The van der Waals surface area contributed by atoms with Crippen LogP contribution >= 0.6 is 11.8 Å². The van der Waals surface area contributed by atoms with Crippen LogP contribution in [0.25, 0.3) is 0 Å². The summed E-state index contributed by atoms with van der Waals surface area (Å²) in [7, 11) is 0. The van der Waals surface area contributed by atoms with Crippen LogP contribution in [0, 0.1) is 0 Å². The van der Waals surface area contributed by atoms with Crippen LogP contribution in [0.15, 0.2) is 91.0 Å². The number of amides is 6. The first-order chi connectivity index (χ1) is 22.0. The van der Waals surface area contributed by atoms with E-state index in [0.717, 1.165) is 4.90 Å². The van der Waals surface area contributed by atoms with Gasteiger partial charge in [-0.25, -0.2) is 9.59 Å². The summed E-state index contributed by atoms with van der Waals surface area (Å²) >= 11 is 1.28. The molecule has 3 aliphatic heterocycles. The maximum Gasteiger partial charge on any atom is 0.327 e. The van der Waals surface area contributed by atoms with Gasteiger partial charge in [0.2, 0.25) is 17.7 Å². The zero-order valence-corrected chi connectivity index (χ0v) is 25.7. The molecule has 0 aromatic heterocycles. The second kappa shape index (κ2) is 11.6. The minimum Gasteiger partial charge on any atom is -0.480 e. The number of carboxylic acids is 1. The van der Waals surface area contributed by atoms with Crippen molar-refractivity contribution >= 4 is 47.4 Å². The van der Waals surface area contributed by atoms with Crippen molar-refractivity contribution in [2.45, 2.75) is 47.6 Å². The van der Waals surface area contributed by atoms with E-state index in [9.17, 15) is 33.9 Å². The van der Waals surface area contributed by atoms with Crippen LogP contribution < -0.4 is 16.0 Å². The molecule has 0 bridgehead atoms. The Hall–Kier alpha value is -5.17. The summed E-state index contributed by atoms with van der Waals surface area (Å²) < 4.78 is -0.782. The fourth-order valence-electron chi connectivity index (χ4n) is 6.33. The van der Waals surface area contributed by atoms with Gasteiger partial charge in [0.1, 0.15) is 30.0 Å². The number of benzene rings is 3. The molecule has 4 unspecified atom stereocenters. The van der Waals surface area contributed by atoms with Gasteiger partial charge in [-0.15, -0.1) is 11.8 Å². The molecular formula is C33H31N5O7S. The summed E-state index contributed by atoms with van der Waals surface area (Å²) in [5.74, 6) is -3.79. The molecule has 6 rings (SSSR count). The molecule has 0 spiro atoms. The van der Waals surface area contributed by atoms with Crippen LogP contribution in [-0.2, 0) is 29.5 Å². The number of imide groups is 1. The molecule has 0 radical (unpaired) electrons. The maximum atomic E-state index is 14.0. The van der Waals surface area contributed by atoms with E-state index in [-0.39, 0.29) is 0 Å². The highest BCUT2D eigenvalue weighted by Crippen LogP contribution is 2.50. The Morgan fingerprint density at radius 2 is 1.43 bits per heavy atom. The Kier molecular flexibility index (Phi) is 7.80. The minimum absolute atomic E-state index is 0.403. The zero-order chi connectivity index (χ0) is 32.8. The number of carbonyl (C=O) groups is 6.